The molecule has 0 fully saturated rings. The van der Waals surface area contributed by atoms with E-state index in [-0.39, 0.29) is 5.56 Å². The van der Waals surface area contributed by atoms with E-state index in [0.29, 0.717) is 11.1 Å². The van der Waals surface area contributed by atoms with Crippen LogP contribution < -0.4 is 0 Å². The van der Waals surface area contributed by atoms with E-state index in [9.17, 15) is 8.78 Å². The second kappa shape index (κ2) is 6.63. The summed E-state index contributed by atoms with van der Waals surface area (Å²) in [5.74, 6) is -1.04. The Labute approximate surface area is 139 Å². The van der Waals surface area contributed by atoms with Gasteiger partial charge >= 0.3 is 0 Å². The van der Waals surface area contributed by atoms with Gasteiger partial charge in [-0.05, 0) is 53.8 Å². The fraction of sp³-hybridized carbons (Fsp3) is 0.200. The van der Waals surface area contributed by atoms with Crippen molar-refractivity contribution in [2.75, 3.05) is 0 Å². The zero-order valence-corrected chi connectivity index (χ0v) is 14.0. The molecule has 0 aliphatic rings. The van der Waals surface area contributed by atoms with Gasteiger partial charge in [-0.2, -0.15) is 0 Å². The summed E-state index contributed by atoms with van der Waals surface area (Å²) in [7, 11) is 0. The van der Waals surface area contributed by atoms with E-state index in [1.165, 1.54) is 17.0 Å². The molecule has 0 aliphatic carbocycles. The molecule has 0 N–H and O–H groups in total. The van der Waals surface area contributed by atoms with Crippen LogP contribution in [0.25, 0.3) is 21.6 Å². The molecule has 23 heavy (non-hydrogen) atoms. The molecule has 2 aromatic carbocycles. The van der Waals surface area contributed by atoms with Crippen LogP contribution >= 0.6 is 11.3 Å². The highest BCUT2D eigenvalue weighted by molar-refractivity contribution is 7.15. The van der Waals surface area contributed by atoms with Crippen LogP contribution in [0.15, 0.2) is 48.5 Å². The van der Waals surface area contributed by atoms with Crippen molar-refractivity contribution in [2.45, 2.75) is 26.7 Å². The van der Waals surface area contributed by atoms with Crippen molar-refractivity contribution in [1.82, 2.24) is 0 Å². The second-order valence-electron chi connectivity index (χ2n) is 5.48. The normalized spacial score (nSPS) is 11.0. The molecule has 0 saturated heterocycles. The average molecular weight is 328 g/mol. The number of benzene rings is 2. The van der Waals surface area contributed by atoms with E-state index in [4.69, 9.17) is 0 Å². The third-order valence-electron chi connectivity index (χ3n) is 3.99. The third-order valence-corrected chi connectivity index (χ3v) is 5.27. The lowest BCUT2D eigenvalue weighted by Gasteiger charge is -2.08. The van der Waals surface area contributed by atoms with Crippen LogP contribution in [0.2, 0.25) is 0 Å². The summed E-state index contributed by atoms with van der Waals surface area (Å²) in [5.41, 5.74) is 2.36. The van der Waals surface area contributed by atoms with Crippen molar-refractivity contribution in [3.8, 4) is 21.6 Å². The lowest BCUT2D eigenvalue weighted by molar-refractivity contribution is 0.590. The Bertz CT molecular complexity index is 793. The molecule has 0 aliphatic heterocycles. The summed E-state index contributed by atoms with van der Waals surface area (Å²) in [6.07, 6.45) is 1.83. The molecular formula is C20H18F2S. The molecule has 3 rings (SSSR count). The number of rotatable bonds is 4. The average Bonchev–Trinajstić information content (AvgIpc) is 3.04. The smallest absolute Gasteiger partial charge is 0.134 e. The lowest BCUT2D eigenvalue weighted by Crippen LogP contribution is -1.92. The topological polar surface area (TPSA) is 0 Å². The first-order valence-electron chi connectivity index (χ1n) is 7.79. The van der Waals surface area contributed by atoms with Gasteiger partial charge in [-0.3, -0.25) is 0 Å². The number of hydrogen-bond donors (Lipinski definition) is 0. The summed E-state index contributed by atoms with van der Waals surface area (Å²) in [5, 5.41) is 0. The highest BCUT2D eigenvalue weighted by Crippen LogP contribution is 2.34. The van der Waals surface area contributed by atoms with Crippen LogP contribution in [-0.4, -0.2) is 0 Å². The molecule has 0 nitrogen and oxygen atoms in total. The summed E-state index contributed by atoms with van der Waals surface area (Å²) in [6.45, 7) is 4.12. The molecule has 0 radical (unpaired) electrons. The SMILES string of the molecule is CCc1ccc(-c2c(F)cc(-c3ccc(CC)s3)cc2F)cc1. The van der Waals surface area contributed by atoms with Gasteiger partial charge in [-0.25, -0.2) is 8.78 Å². The number of aryl methyl sites for hydroxylation is 2. The van der Waals surface area contributed by atoms with Gasteiger partial charge in [0.15, 0.2) is 0 Å². The standard InChI is InChI=1S/C20H18F2S/c1-3-13-5-7-14(8-6-13)20-17(21)11-15(12-18(20)22)19-10-9-16(4-2)23-19/h5-12H,3-4H2,1-2H3. The van der Waals surface area contributed by atoms with E-state index >= 15 is 0 Å². The lowest BCUT2D eigenvalue weighted by atomic mass is 10.00. The molecule has 0 amide bonds. The molecule has 0 spiro atoms. The van der Waals surface area contributed by atoms with Gasteiger partial charge in [0.25, 0.3) is 0 Å². The van der Waals surface area contributed by atoms with Crippen molar-refractivity contribution < 1.29 is 8.78 Å². The molecule has 0 atom stereocenters. The maximum Gasteiger partial charge on any atom is 0.134 e. The zero-order chi connectivity index (χ0) is 16.4. The minimum atomic E-state index is -0.518. The van der Waals surface area contributed by atoms with Crippen molar-refractivity contribution in [2.24, 2.45) is 0 Å². The fourth-order valence-electron chi connectivity index (χ4n) is 2.62. The summed E-state index contributed by atoms with van der Waals surface area (Å²) in [4.78, 5) is 2.10. The van der Waals surface area contributed by atoms with Crippen LogP contribution in [0.1, 0.15) is 24.3 Å². The van der Waals surface area contributed by atoms with E-state index in [1.54, 1.807) is 23.5 Å². The van der Waals surface area contributed by atoms with Gasteiger partial charge in [0.1, 0.15) is 11.6 Å². The Balaban J connectivity index is 2.02. The van der Waals surface area contributed by atoms with E-state index in [0.717, 1.165) is 23.3 Å². The second-order valence-corrected chi connectivity index (χ2v) is 6.65. The minimum Gasteiger partial charge on any atom is -0.206 e. The van der Waals surface area contributed by atoms with Gasteiger partial charge in [0, 0.05) is 9.75 Å². The van der Waals surface area contributed by atoms with Gasteiger partial charge in [0.2, 0.25) is 0 Å². The Morgan fingerprint density at radius 2 is 1.43 bits per heavy atom. The zero-order valence-electron chi connectivity index (χ0n) is 13.2. The number of thiophene rings is 1. The molecule has 118 valence electrons. The number of hydrogen-bond acceptors (Lipinski definition) is 1. The van der Waals surface area contributed by atoms with Crippen LogP contribution in [-0.2, 0) is 12.8 Å². The van der Waals surface area contributed by atoms with Crippen LogP contribution in [0.3, 0.4) is 0 Å². The predicted octanol–water partition coefficient (Wildman–Crippen LogP) is 6.49. The van der Waals surface area contributed by atoms with Crippen LogP contribution in [0.5, 0.6) is 0 Å². The molecular weight excluding hydrogens is 310 g/mol. The Morgan fingerprint density at radius 3 is 1.96 bits per heavy atom. The quantitative estimate of drug-likeness (QED) is 0.514. The van der Waals surface area contributed by atoms with Gasteiger partial charge in [-0.15, -0.1) is 11.3 Å². The first-order valence-corrected chi connectivity index (χ1v) is 8.61. The summed E-state index contributed by atoms with van der Waals surface area (Å²) < 4.78 is 29.0. The van der Waals surface area contributed by atoms with E-state index < -0.39 is 11.6 Å². The van der Waals surface area contributed by atoms with E-state index in [2.05, 4.69) is 13.8 Å². The first kappa shape index (κ1) is 15.9. The van der Waals surface area contributed by atoms with Crippen LogP contribution in [0.4, 0.5) is 8.78 Å². The highest BCUT2D eigenvalue weighted by atomic mass is 32.1. The van der Waals surface area contributed by atoms with Gasteiger partial charge < -0.3 is 0 Å². The van der Waals surface area contributed by atoms with Crippen molar-refractivity contribution in [1.29, 1.82) is 0 Å². The third kappa shape index (κ3) is 3.20. The highest BCUT2D eigenvalue weighted by Gasteiger charge is 2.15. The molecule has 0 bridgehead atoms. The maximum atomic E-state index is 14.5. The predicted molar refractivity (Wildman–Crippen MR) is 93.9 cm³/mol. The fourth-order valence-corrected chi connectivity index (χ4v) is 3.56. The summed E-state index contributed by atoms with van der Waals surface area (Å²) in [6, 6.07) is 14.2. The van der Waals surface area contributed by atoms with E-state index in [1.807, 2.05) is 24.3 Å². The largest absolute Gasteiger partial charge is 0.206 e. The monoisotopic (exact) mass is 328 g/mol. The molecule has 3 heteroatoms. The minimum absolute atomic E-state index is 0.0451. The molecule has 0 saturated carbocycles. The molecule has 3 aromatic rings. The molecule has 1 aromatic heterocycles. The number of halogens is 2. The Kier molecular flexibility index (Phi) is 4.58. The summed E-state index contributed by atoms with van der Waals surface area (Å²) >= 11 is 1.58. The maximum absolute atomic E-state index is 14.5. The van der Waals surface area contributed by atoms with Crippen LogP contribution in [0, 0.1) is 11.6 Å². The van der Waals surface area contributed by atoms with Gasteiger partial charge in [-0.1, -0.05) is 38.1 Å². The van der Waals surface area contributed by atoms with Crippen molar-refractivity contribution >= 4 is 11.3 Å². The van der Waals surface area contributed by atoms with Crippen molar-refractivity contribution in [3.63, 3.8) is 0 Å². The Morgan fingerprint density at radius 1 is 0.783 bits per heavy atom. The Hall–Kier alpha value is -2.00. The first-order chi connectivity index (χ1) is 11.1. The van der Waals surface area contributed by atoms with Crippen molar-refractivity contribution in [3.05, 3.63) is 70.6 Å². The molecule has 1 heterocycles. The van der Waals surface area contributed by atoms with Gasteiger partial charge in [0.05, 0.1) is 5.56 Å². The molecule has 0 unspecified atom stereocenters.